The molecule has 0 amide bonds. The Morgan fingerprint density at radius 2 is 1.63 bits per heavy atom. The number of hydrogen-bond acceptors (Lipinski definition) is 6. The van der Waals surface area contributed by atoms with Crippen molar-refractivity contribution >= 4 is 41.1 Å². The lowest BCUT2D eigenvalue weighted by molar-refractivity contribution is -0.159. The first kappa shape index (κ1) is 21.1. The van der Waals surface area contributed by atoms with Gasteiger partial charge in [0, 0.05) is 17.1 Å². The lowest BCUT2D eigenvalue weighted by atomic mass is 10.1. The van der Waals surface area contributed by atoms with E-state index in [0.717, 1.165) is 5.03 Å². The second kappa shape index (κ2) is 9.62. The Balaban J connectivity index is 2.29. The molecule has 1 aromatic heterocycles. The molecular weight excluding hydrogens is 390 g/mol. The van der Waals surface area contributed by atoms with Gasteiger partial charge >= 0.3 is 11.9 Å². The molecule has 0 atom stereocenters. The Kier molecular flexibility index (Phi) is 7.50. The third-order valence-electron chi connectivity index (χ3n) is 4.10. The Labute approximate surface area is 166 Å². The molecule has 6 nitrogen and oxygen atoms in total. The van der Waals surface area contributed by atoms with Crippen LogP contribution < -0.4 is 0 Å². The molecule has 0 aliphatic rings. The number of halogens is 1. The van der Waals surface area contributed by atoms with Gasteiger partial charge in [0.25, 0.3) is 0 Å². The first-order valence-corrected chi connectivity index (χ1v) is 9.72. The molecule has 0 N–H and O–H groups in total. The summed E-state index contributed by atoms with van der Waals surface area (Å²) in [5.41, 5.74) is 0.971. The van der Waals surface area contributed by atoms with Gasteiger partial charge in [-0.2, -0.15) is 0 Å². The van der Waals surface area contributed by atoms with E-state index in [1.165, 1.54) is 26.0 Å². The summed E-state index contributed by atoms with van der Waals surface area (Å²) in [6.07, 6.45) is 2.04. The highest BCUT2D eigenvalue weighted by molar-refractivity contribution is 7.98. The van der Waals surface area contributed by atoms with E-state index in [9.17, 15) is 14.4 Å². The summed E-state index contributed by atoms with van der Waals surface area (Å²) >= 11 is 7.35. The van der Waals surface area contributed by atoms with Crippen molar-refractivity contribution < 1.29 is 23.9 Å². The summed E-state index contributed by atoms with van der Waals surface area (Å²) in [5.74, 6) is -2.54. The maximum Gasteiger partial charge on any atom is 0.320 e. The van der Waals surface area contributed by atoms with Crippen LogP contribution in [0.2, 0.25) is 5.02 Å². The second-order valence-corrected chi connectivity index (χ2v) is 6.90. The third-order valence-corrected chi connectivity index (χ3v) is 5.13. The van der Waals surface area contributed by atoms with Gasteiger partial charge in [-0.3, -0.25) is 14.4 Å². The van der Waals surface area contributed by atoms with Crippen molar-refractivity contribution in [1.29, 1.82) is 0 Å². The van der Waals surface area contributed by atoms with Gasteiger partial charge in [0.1, 0.15) is 0 Å². The smallest absolute Gasteiger partial charge is 0.320 e. The Hall–Kier alpha value is -2.25. The molecule has 0 bridgehead atoms. The van der Waals surface area contributed by atoms with E-state index < -0.39 is 17.9 Å². The molecule has 2 rings (SSSR count). The number of rotatable bonds is 8. The Morgan fingerprint density at radius 1 is 1.04 bits per heavy atom. The van der Waals surface area contributed by atoms with E-state index >= 15 is 0 Å². The average molecular weight is 410 g/mol. The molecule has 0 saturated carbocycles. The lowest BCUT2D eigenvalue weighted by Crippen LogP contribution is -2.28. The van der Waals surface area contributed by atoms with Crippen LogP contribution in [0, 0.1) is 5.92 Å². The van der Waals surface area contributed by atoms with Crippen LogP contribution in [0.5, 0.6) is 0 Å². The summed E-state index contributed by atoms with van der Waals surface area (Å²) in [5, 5.41) is 1.39. The molecule has 8 heteroatoms. The van der Waals surface area contributed by atoms with Crippen LogP contribution in [-0.4, -0.2) is 42.8 Å². The number of hydrogen-bond donors (Lipinski definition) is 0. The van der Waals surface area contributed by atoms with E-state index in [-0.39, 0.29) is 18.7 Å². The lowest BCUT2D eigenvalue weighted by Gasteiger charge is -2.16. The maximum absolute atomic E-state index is 12.9. The van der Waals surface area contributed by atoms with E-state index in [0.29, 0.717) is 16.3 Å². The van der Waals surface area contributed by atoms with E-state index in [1.807, 2.05) is 12.3 Å². The topological polar surface area (TPSA) is 74.6 Å². The van der Waals surface area contributed by atoms with Crippen LogP contribution in [0.15, 0.2) is 41.4 Å². The molecule has 0 saturated heterocycles. The van der Waals surface area contributed by atoms with Gasteiger partial charge in [0.2, 0.25) is 5.78 Å². The zero-order valence-electron chi connectivity index (χ0n) is 15.2. The molecule has 2 aromatic rings. The SMILES string of the molecule is COC(=O)C(CCn1c(SC)ccc1C(=O)c1ccc(Cl)cc1)C(=O)OC. The quantitative estimate of drug-likeness (QED) is 0.288. The fraction of sp³-hybridized carbons (Fsp3) is 0.316. The van der Waals surface area contributed by atoms with Crippen LogP contribution in [0.4, 0.5) is 0 Å². The molecule has 0 aliphatic heterocycles. The van der Waals surface area contributed by atoms with Crippen molar-refractivity contribution in [2.24, 2.45) is 5.92 Å². The fourth-order valence-corrected chi connectivity index (χ4v) is 3.42. The maximum atomic E-state index is 12.9. The molecular formula is C19H20ClNO5S. The monoisotopic (exact) mass is 409 g/mol. The average Bonchev–Trinajstić information content (AvgIpc) is 3.10. The molecule has 144 valence electrons. The Morgan fingerprint density at radius 3 is 2.15 bits per heavy atom. The molecule has 0 fully saturated rings. The fourth-order valence-electron chi connectivity index (χ4n) is 2.68. The number of benzene rings is 1. The van der Waals surface area contributed by atoms with Crippen molar-refractivity contribution in [3.63, 3.8) is 0 Å². The van der Waals surface area contributed by atoms with Crippen LogP contribution >= 0.6 is 23.4 Å². The predicted molar refractivity (Wildman–Crippen MR) is 103 cm³/mol. The van der Waals surface area contributed by atoms with Crippen molar-refractivity contribution in [2.75, 3.05) is 20.5 Å². The van der Waals surface area contributed by atoms with E-state index in [4.69, 9.17) is 11.6 Å². The number of carbonyl (C=O) groups excluding carboxylic acids is 3. The van der Waals surface area contributed by atoms with Gasteiger partial charge in [-0.15, -0.1) is 11.8 Å². The summed E-state index contributed by atoms with van der Waals surface area (Å²) in [4.78, 5) is 36.6. The van der Waals surface area contributed by atoms with Gasteiger partial charge in [0.15, 0.2) is 5.92 Å². The van der Waals surface area contributed by atoms with Crippen LogP contribution in [-0.2, 0) is 25.6 Å². The number of methoxy groups -OCH3 is 2. The highest BCUT2D eigenvalue weighted by Gasteiger charge is 2.29. The molecule has 27 heavy (non-hydrogen) atoms. The Bertz CT molecular complexity index is 815. The molecule has 1 heterocycles. The largest absolute Gasteiger partial charge is 0.468 e. The van der Waals surface area contributed by atoms with Gasteiger partial charge in [0.05, 0.1) is 24.9 Å². The summed E-state index contributed by atoms with van der Waals surface area (Å²) in [6, 6.07) is 10.2. The van der Waals surface area contributed by atoms with Crippen molar-refractivity contribution in [3.8, 4) is 0 Å². The predicted octanol–water partition coefficient (Wildman–Crippen LogP) is 3.45. The van der Waals surface area contributed by atoms with Gasteiger partial charge in [-0.1, -0.05) is 11.6 Å². The van der Waals surface area contributed by atoms with Gasteiger partial charge in [-0.25, -0.2) is 0 Å². The first-order valence-electron chi connectivity index (χ1n) is 8.12. The standard InChI is InChI=1S/C19H20ClNO5S/c1-25-18(23)14(19(24)26-2)10-11-21-15(8-9-16(21)27-3)17(22)12-4-6-13(20)7-5-12/h4-9,14H,10-11H2,1-3H3. The first-order chi connectivity index (χ1) is 12.9. The number of carbonyl (C=O) groups is 3. The minimum absolute atomic E-state index is 0.155. The number of nitrogens with zero attached hydrogens (tertiary/aromatic N) is 1. The molecule has 0 unspecified atom stereocenters. The van der Waals surface area contributed by atoms with Gasteiger partial charge in [-0.05, 0) is 49.1 Å². The third kappa shape index (κ3) is 4.93. The zero-order chi connectivity index (χ0) is 20.0. The highest BCUT2D eigenvalue weighted by atomic mass is 35.5. The normalized spacial score (nSPS) is 10.7. The second-order valence-electron chi connectivity index (χ2n) is 5.64. The minimum Gasteiger partial charge on any atom is -0.468 e. The summed E-state index contributed by atoms with van der Waals surface area (Å²) in [7, 11) is 2.44. The summed E-state index contributed by atoms with van der Waals surface area (Å²) < 4.78 is 11.2. The molecule has 0 radical (unpaired) electrons. The number of aromatic nitrogens is 1. The van der Waals surface area contributed by atoms with E-state index in [2.05, 4.69) is 9.47 Å². The number of ketones is 1. The van der Waals surface area contributed by atoms with Crippen LogP contribution in [0.3, 0.4) is 0 Å². The van der Waals surface area contributed by atoms with Gasteiger partial charge < -0.3 is 14.0 Å². The van der Waals surface area contributed by atoms with Crippen molar-refractivity contribution in [1.82, 2.24) is 4.57 Å². The van der Waals surface area contributed by atoms with Crippen molar-refractivity contribution in [3.05, 3.63) is 52.7 Å². The number of esters is 2. The molecule has 0 spiro atoms. The highest BCUT2D eigenvalue weighted by Crippen LogP contribution is 2.24. The molecule has 1 aromatic carbocycles. The minimum atomic E-state index is -1.05. The van der Waals surface area contributed by atoms with Crippen LogP contribution in [0.1, 0.15) is 22.5 Å². The zero-order valence-corrected chi connectivity index (χ0v) is 16.8. The summed E-state index contributed by atoms with van der Waals surface area (Å²) in [6.45, 7) is 0.284. The van der Waals surface area contributed by atoms with E-state index in [1.54, 1.807) is 34.9 Å². The van der Waals surface area contributed by atoms with Crippen molar-refractivity contribution in [2.45, 2.75) is 18.0 Å². The van der Waals surface area contributed by atoms with Crippen LogP contribution in [0.25, 0.3) is 0 Å². The number of thioether (sulfide) groups is 1. The number of ether oxygens (including phenoxy) is 2. The molecule has 0 aliphatic carbocycles.